The Balaban J connectivity index is 3.43. The van der Waals surface area contributed by atoms with Gasteiger partial charge < -0.3 is 5.11 Å². The van der Waals surface area contributed by atoms with E-state index in [-0.39, 0.29) is 5.56 Å². The summed E-state index contributed by atoms with van der Waals surface area (Å²) < 4.78 is 25.4. The van der Waals surface area contributed by atoms with Crippen LogP contribution in [0.4, 0.5) is 8.78 Å². The summed E-state index contributed by atoms with van der Waals surface area (Å²) in [5.74, 6) is 0.114. The first kappa shape index (κ1) is 10.7. The van der Waals surface area contributed by atoms with Gasteiger partial charge in [-0.15, -0.1) is 0 Å². The van der Waals surface area contributed by atoms with Crippen molar-refractivity contribution in [2.45, 2.75) is 0 Å². The van der Waals surface area contributed by atoms with Gasteiger partial charge in [0.1, 0.15) is 0 Å². The van der Waals surface area contributed by atoms with Crippen LogP contribution in [-0.2, 0) is 0 Å². The van der Waals surface area contributed by atoms with E-state index in [0.717, 1.165) is 0 Å². The van der Waals surface area contributed by atoms with Crippen molar-refractivity contribution in [2.24, 2.45) is 0 Å². The number of hydrogen-bond donors (Lipinski definition) is 1. The van der Waals surface area contributed by atoms with Crippen LogP contribution in [0.3, 0.4) is 0 Å². The highest BCUT2D eigenvalue weighted by atomic mass is 19.2. The van der Waals surface area contributed by atoms with Crippen molar-refractivity contribution in [3.05, 3.63) is 34.9 Å². The molecule has 0 radical (unpaired) electrons. The maximum absolute atomic E-state index is 12.7. The number of halogens is 2. The number of carboxylic acid groups (broad SMARTS) is 1. The molecule has 1 aromatic rings. The van der Waals surface area contributed by atoms with Gasteiger partial charge in [-0.05, 0) is 18.1 Å². The molecule has 1 N–H and O–H groups in total. The lowest BCUT2D eigenvalue weighted by Crippen LogP contribution is -2.02. The van der Waals surface area contributed by atoms with E-state index in [2.05, 4.69) is 5.92 Å². The van der Waals surface area contributed by atoms with Gasteiger partial charge in [0.2, 0.25) is 0 Å². The lowest BCUT2D eigenvalue weighted by Gasteiger charge is -1.99. The highest BCUT2D eigenvalue weighted by Crippen LogP contribution is 2.14. The van der Waals surface area contributed by atoms with Crippen LogP contribution in [-0.4, -0.2) is 11.1 Å². The summed E-state index contributed by atoms with van der Waals surface area (Å²) >= 11 is 0. The average Bonchev–Trinajstić information content (AvgIpc) is 2.19. The quantitative estimate of drug-likeness (QED) is 0.710. The summed E-state index contributed by atoms with van der Waals surface area (Å²) in [6, 6.07) is 2.61. The third kappa shape index (κ3) is 2.29. The Labute approximate surface area is 83.6 Å². The van der Waals surface area contributed by atoms with Crippen LogP contribution in [0, 0.1) is 34.8 Å². The van der Waals surface area contributed by atoms with Crippen molar-refractivity contribution in [3.63, 3.8) is 0 Å². The van der Waals surface area contributed by atoms with Gasteiger partial charge in [-0.3, -0.25) is 0 Å². The molecule has 74 valence electrons. The second-order valence-corrected chi connectivity index (χ2v) is 2.48. The fraction of sp³-hybridized carbons (Fsp3) is 0. The molecule has 0 heterocycles. The summed E-state index contributed by atoms with van der Waals surface area (Å²) in [6.45, 7) is 0. The topological polar surface area (TPSA) is 61.1 Å². The standard InChI is InChI=1S/C10H3F2NO2/c11-8-4-6(2-1-3-13)7(10(14)15)5-9(8)12/h4-5H,(H,14,15). The summed E-state index contributed by atoms with van der Waals surface area (Å²) in [5.41, 5.74) is -0.709. The second-order valence-electron chi connectivity index (χ2n) is 2.48. The maximum atomic E-state index is 12.7. The monoisotopic (exact) mass is 207 g/mol. The highest BCUT2D eigenvalue weighted by Gasteiger charge is 2.13. The smallest absolute Gasteiger partial charge is 0.337 e. The van der Waals surface area contributed by atoms with Crippen LogP contribution in [0.5, 0.6) is 0 Å². The molecule has 1 rings (SSSR count). The zero-order chi connectivity index (χ0) is 11.4. The van der Waals surface area contributed by atoms with Crippen LogP contribution in [0.15, 0.2) is 12.1 Å². The van der Waals surface area contributed by atoms with Gasteiger partial charge in [-0.2, -0.15) is 5.26 Å². The Hall–Kier alpha value is -2.40. The molecule has 0 spiro atoms. The van der Waals surface area contributed by atoms with Crippen LogP contribution in [0.25, 0.3) is 0 Å². The molecule has 15 heavy (non-hydrogen) atoms. The second kappa shape index (κ2) is 4.21. The van der Waals surface area contributed by atoms with Crippen molar-refractivity contribution >= 4 is 5.97 Å². The Bertz CT molecular complexity index is 521. The molecule has 0 aliphatic heterocycles. The zero-order valence-electron chi connectivity index (χ0n) is 7.21. The third-order valence-electron chi connectivity index (χ3n) is 1.54. The van der Waals surface area contributed by atoms with Gasteiger partial charge in [0.05, 0.1) is 5.56 Å². The molecule has 0 aliphatic rings. The Kier molecular flexibility index (Phi) is 3.00. The first-order valence-electron chi connectivity index (χ1n) is 3.68. The van der Waals surface area contributed by atoms with Crippen molar-refractivity contribution < 1.29 is 18.7 Å². The molecule has 0 fully saturated rings. The molecule has 0 saturated carbocycles. The molecule has 5 heteroatoms. The molecule has 3 nitrogen and oxygen atoms in total. The van der Waals surface area contributed by atoms with Crippen LogP contribution >= 0.6 is 0 Å². The van der Waals surface area contributed by atoms with Crippen molar-refractivity contribution in [2.75, 3.05) is 0 Å². The summed E-state index contributed by atoms with van der Waals surface area (Å²) in [4.78, 5) is 10.6. The lowest BCUT2D eigenvalue weighted by molar-refractivity contribution is 0.0696. The van der Waals surface area contributed by atoms with Gasteiger partial charge >= 0.3 is 5.97 Å². The number of nitrogens with zero attached hydrogens (tertiary/aromatic N) is 1. The van der Waals surface area contributed by atoms with E-state index in [1.807, 2.05) is 5.92 Å². The molecule has 0 unspecified atom stereocenters. The number of rotatable bonds is 1. The van der Waals surface area contributed by atoms with Crippen LogP contribution < -0.4 is 0 Å². The minimum absolute atomic E-state index is 0.233. The summed E-state index contributed by atoms with van der Waals surface area (Å²) in [6.07, 6.45) is 0. The number of hydrogen-bond acceptors (Lipinski definition) is 2. The maximum Gasteiger partial charge on any atom is 0.337 e. The third-order valence-corrected chi connectivity index (χ3v) is 1.54. The lowest BCUT2D eigenvalue weighted by atomic mass is 10.1. The molecule has 0 aromatic heterocycles. The largest absolute Gasteiger partial charge is 0.478 e. The molecule has 0 aliphatic carbocycles. The van der Waals surface area contributed by atoms with Gasteiger partial charge in [0.15, 0.2) is 17.7 Å². The van der Waals surface area contributed by atoms with Gasteiger partial charge in [0.25, 0.3) is 0 Å². The Morgan fingerprint density at radius 3 is 2.47 bits per heavy atom. The van der Waals surface area contributed by atoms with E-state index < -0.39 is 23.2 Å². The van der Waals surface area contributed by atoms with Crippen LogP contribution in [0.2, 0.25) is 0 Å². The van der Waals surface area contributed by atoms with Crippen LogP contribution in [0.1, 0.15) is 15.9 Å². The molecular formula is C10H3F2NO2. The van der Waals surface area contributed by atoms with Gasteiger partial charge in [-0.1, -0.05) is 0 Å². The van der Waals surface area contributed by atoms with Crippen molar-refractivity contribution in [1.82, 2.24) is 0 Å². The fourth-order valence-electron chi connectivity index (χ4n) is 0.922. The molecule has 0 amide bonds. The number of benzene rings is 1. The first-order valence-corrected chi connectivity index (χ1v) is 3.68. The number of nitriles is 1. The Morgan fingerprint density at radius 2 is 1.93 bits per heavy atom. The molecule has 1 aromatic carbocycles. The summed E-state index contributed by atoms with van der Waals surface area (Å²) in [5, 5.41) is 16.8. The molecule has 0 bridgehead atoms. The van der Waals surface area contributed by atoms with E-state index >= 15 is 0 Å². The van der Waals surface area contributed by atoms with E-state index in [1.165, 1.54) is 6.07 Å². The molecule has 0 saturated heterocycles. The molecular weight excluding hydrogens is 204 g/mol. The van der Waals surface area contributed by atoms with E-state index in [1.54, 1.807) is 0 Å². The predicted molar refractivity (Wildman–Crippen MR) is 45.8 cm³/mol. The van der Waals surface area contributed by atoms with Crippen molar-refractivity contribution in [1.29, 1.82) is 5.26 Å². The van der Waals surface area contributed by atoms with E-state index in [0.29, 0.717) is 12.1 Å². The molecule has 0 atom stereocenters. The van der Waals surface area contributed by atoms with Gasteiger partial charge in [0, 0.05) is 11.5 Å². The average molecular weight is 207 g/mol. The summed E-state index contributed by atoms with van der Waals surface area (Å²) in [7, 11) is 0. The van der Waals surface area contributed by atoms with E-state index in [4.69, 9.17) is 10.4 Å². The van der Waals surface area contributed by atoms with E-state index in [9.17, 15) is 13.6 Å². The minimum Gasteiger partial charge on any atom is -0.478 e. The predicted octanol–water partition coefficient (Wildman–Crippen LogP) is 1.54. The van der Waals surface area contributed by atoms with Gasteiger partial charge in [-0.25, -0.2) is 13.6 Å². The first-order chi connectivity index (χ1) is 7.06. The fourth-order valence-corrected chi connectivity index (χ4v) is 0.922. The zero-order valence-corrected chi connectivity index (χ0v) is 7.21. The normalized spacial score (nSPS) is 8.60. The number of carbonyl (C=O) groups is 1. The van der Waals surface area contributed by atoms with Crippen molar-refractivity contribution in [3.8, 4) is 17.9 Å². The highest BCUT2D eigenvalue weighted by molar-refractivity contribution is 5.90. The number of aromatic carboxylic acids is 1. The Morgan fingerprint density at radius 1 is 1.33 bits per heavy atom. The SMILES string of the molecule is N#CC#Cc1cc(F)c(F)cc1C(=O)O. The number of carboxylic acids is 1. The minimum atomic E-state index is -1.43.